The molecule has 0 aliphatic carbocycles. The highest BCUT2D eigenvalue weighted by molar-refractivity contribution is 8.00. The average molecular weight is 331 g/mol. The number of rotatable bonds is 7. The van der Waals surface area contributed by atoms with Crippen molar-refractivity contribution in [3.63, 3.8) is 0 Å². The van der Waals surface area contributed by atoms with Crippen LogP contribution in [0.4, 0.5) is 0 Å². The molecule has 1 rings (SSSR count). The Labute approximate surface area is 125 Å². The lowest BCUT2D eigenvalue weighted by Gasteiger charge is -1.99. The van der Waals surface area contributed by atoms with Gasteiger partial charge in [0.05, 0.1) is 13.2 Å². The molecule has 1 N–H and O–H groups in total. The maximum absolute atomic E-state index is 5.27. The minimum Gasteiger partial charge on any atom is -0.380 e. The summed E-state index contributed by atoms with van der Waals surface area (Å²) in [6.07, 6.45) is 6.16. The van der Waals surface area contributed by atoms with E-state index in [1.54, 1.807) is 11.8 Å². The van der Waals surface area contributed by atoms with Gasteiger partial charge in [-0.05, 0) is 31.0 Å². The Morgan fingerprint density at radius 2 is 1.82 bits per heavy atom. The van der Waals surface area contributed by atoms with Crippen LogP contribution in [0.5, 0.6) is 0 Å². The van der Waals surface area contributed by atoms with Crippen molar-refractivity contribution in [2.24, 2.45) is 0 Å². The Morgan fingerprint density at radius 3 is 2.12 bits per heavy atom. The number of aromatic amines is 1. The summed E-state index contributed by atoms with van der Waals surface area (Å²) in [7, 11) is 0. The lowest BCUT2D eigenvalue weighted by molar-refractivity contribution is 0.167. The van der Waals surface area contributed by atoms with Crippen molar-refractivity contribution in [3.05, 3.63) is 3.95 Å². The Bertz CT molecular complexity index is 308. The minimum atomic E-state index is 0.745. The molecule has 0 amide bonds. The van der Waals surface area contributed by atoms with Crippen molar-refractivity contribution in [3.8, 4) is 0 Å². The van der Waals surface area contributed by atoms with Crippen LogP contribution in [-0.2, 0) is 4.74 Å². The molecule has 0 aliphatic rings. The number of hydrogen-bond donors (Lipinski definition) is 1. The average Bonchev–Trinajstić information content (AvgIpc) is 2.76. The summed E-state index contributed by atoms with van der Waals surface area (Å²) in [4.78, 5) is 0. The Hall–Kier alpha value is 0.790. The first-order valence-corrected chi connectivity index (χ1v) is 10.1. The number of ether oxygens (including phenoxy) is 1. The number of nitrogens with one attached hydrogen (secondary N) is 1. The predicted molar refractivity (Wildman–Crippen MR) is 86.7 cm³/mol. The predicted octanol–water partition coefficient (Wildman–Crippen LogP) is 3.65. The second kappa shape index (κ2) is 13.2. The third kappa shape index (κ3) is 11.6. The van der Waals surface area contributed by atoms with Crippen LogP contribution in [0, 0.1) is 3.95 Å². The van der Waals surface area contributed by atoms with Gasteiger partial charge in [-0.15, -0.1) is 0 Å². The van der Waals surface area contributed by atoms with E-state index in [1.165, 1.54) is 11.3 Å². The fourth-order valence-corrected chi connectivity index (χ4v) is 2.76. The Balaban J connectivity index is 0.000000302. The molecule has 0 spiro atoms. The Kier molecular flexibility index (Phi) is 13.8. The number of H-pyrrole nitrogens is 1. The fraction of sp³-hybridized carbons (Fsp3) is 0.778. The SMILES string of the molecule is CSCCOCCSC.CSc1n[nH]c(=S)s1. The van der Waals surface area contributed by atoms with Crippen molar-refractivity contribution < 1.29 is 4.74 Å². The van der Waals surface area contributed by atoms with E-state index in [0.29, 0.717) is 0 Å². The topological polar surface area (TPSA) is 37.9 Å². The molecule has 0 atom stereocenters. The molecule has 0 aliphatic heterocycles. The summed E-state index contributed by atoms with van der Waals surface area (Å²) >= 11 is 11.5. The zero-order chi connectivity index (χ0) is 12.9. The van der Waals surface area contributed by atoms with Crippen LogP contribution in [0.1, 0.15) is 0 Å². The van der Waals surface area contributed by atoms with E-state index in [9.17, 15) is 0 Å². The fourth-order valence-electron chi connectivity index (χ4n) is 0.690. The third-order valence-electron chi connectivity index (χ3n) is 1.46. The van der Waals surface area contributed by atoms with E-state index in [4.69, 9.17) is 17.0 Å². The van der Waals surface area contributed by atoms with Gasteiger partial charge in [0.1, 0.15) is 0 Å². The molecule has 0 saturated carbocycles. The lowest BCUT2D eigenvalue weighted by atomic mass is 10.8. The van der Waals surface area contributed by atoms with Gasteiger partial charge in [-0.3, -0.25) is 5.10 Å². The zero-order valence-electron chi connectivity index (χ0n) is 10.2. The smallest absolute Gasteiger partial charge is 0.177 e. The van der Waals surface area contributed by atoms with Crippen LogP contribution in [-0.4, -0.2) is 53.7 Å². The summed E-state index contributed by atoms with van der Waals surface area (Å²) in [6.45, 7) is 1.81. The van der Waals surface area contributed by atoms with Crippen LogP contribution in [0.2, 0.25) is 0 Å². The standard InChI is InChI=1S/C6H14OS2.C3H4N2S3/c1-8-5-3-7-4-6-9-2;1-7-3-5-4-2(6)8-3/h3-6H2,1-2H3;1H3,(H,4,6). The first kappa shape index (κ1) is 17.8. The molecule has 100 valence electrons. The highest BCUT2D eigenvalue weighted by Gasteiger charge is 1.90. The molecular formula is C9H18N2OS5. The number of nitrogens with zero attached hydrogens (tertiary/aromatic N) is 1. The normalized spacial score (nSPS) is 9.82. The van der Waals surface area contributed by atoms with Gasteiger partial charge in [0.25, 0.3) is 0 Å². The molecule has 1 heterocycles. The quantitative estimate of drug-likeness (QED) is 0.467. The molecule has 0 fully saturated rings. The molecule has 0 saturated heterocycles. The molecule has 3 nitrogen and oxygen atoms in total. The van der Waals surface area contributed by atoms with Crippen molar-refractivity contribution in [2.45, 2.75) is 4.34 Å². The summed E-state index contributed by atoms with van der Waals surface area (Å²) in [5.74, 6) is 2.24. The number of aromatic nitrogens is 2. The van der Waals surface area contributed by atoms with E-state index in [0.717, 1.165) is 33.0 Å². The van der Waals surface area contributed by atoms with Gasteiger partial charge in [-0.2, -0.15) is 28.6 Å². The molecule has 0 radical (unpaired) electrons. The minimum absolute atomic E-state index is 0.745. The van der Waals surface area contributed by atoms with Crippen LogP contribution in [0.25, 0.3) is 0 Å². The molecule has 17 heavy (non-hydrogen) atoms. The largest absolute Gasteiger partial charge is 0.380 e. The maximum Gasteiger partial charge on any atom is 0.177 e. The van der Waals surface area contributed by atoms with Gasteiger partial charge in [0.2, 0.25) is 0 Å². The Morgan fingerprint density at radius 1 is 1.24 bits per heavy atom. The first-order chi connectivity index (χ1) is 8.24. The highest BCUT2D eigenvalue weighted by Crippen LogP contribution is 2.15. The highest BCUT2D eigenvalue weighted by atomic mass is 32.2. The van der Waals surface area contributed by atoms with Crippen molar-refractivity contribution in [1.29, 1.82) is 0 Å². The van der Waals surface area contributed by atoms with Gasteiger partial charge in [-0.1, -0.05) is 23.1 Å². The molecule has 1 aromatic heterocycles. The summed E-state index contributed by atoms with van der Waals surface area (Å²) in [5, 5.41) is 6.57. The van der Waals surface area contributed by atoms with Crippen LogP contribution < -0.4 is 0 Å². The molecule has 0 bridgehead atoms. The number of thioether (sulfide) groups is 3. The summed E-state index contributed by atoms with van der Waals surface area (Å²) in [6, 6.07) is 0. The lowest BCUT2D eigenvalue weighted by Crippen LogP contribution is -2.00. The maximum atomic E-state index is 5.27. The first-order valence-electron chi connectivity index (χ1n) is 4.89. The molecule has 8 heteroatoms. The van der Waals surface area contributed by atoms with Crippen molar-refractivity contribution >= 4 is 58.8 Å². The number of hydrogen-bond acceptors (Lipinski definition) is 7. The van der Waals surface area contributed by atoms with Crippen molar-refractivity contribution in [2.75, 3.05) is 43.5 Å². The zero-order valence-corrected chi connectivity index (χ0v) is 14.3. The van der Waals surface area contributed by atoms with E-state index in [2.05, 4.69) is 22.7 Å². The summed E-state index contributed by atoms with van der Waals surface area (Å²) in [5.41, 5.74) is 0. The third-order valence-corrected chi connectivity index (χ3v) is 4.68. The van der Waals surface area contributed by atoms with Crippen molar-refractivity contribution in [1.82, 2.24) is 10.2 Å². The van der Waals surface area contributed by atoms with Gasteiger partial charge in [0, 0.05) is 11.5 Å². The van der Waals surface area contributed by atoms with Crippen LogP contribution >= 0.6 is 58.8 Å². The second-order valence-corrected chi connectivity index (χ2v) is 7.37. The van der Waals surface area contributed by atoms with E-state index < -0.39 is 0 Å². The van der Waals surface area contributed by atoms with Crippen LogP contribution in [0.3, 0.4) is 0 Å². The van der Waals surface area contributed by atoms with Gasteiger partial charge >= 0.3 is 0 Å². The van der Waals surface area contributed by atoms with E-state index in [1.807, 2.05) is 29.8 Å². The van der Waals surface area contributed by atoms with Gasteiger partial charge in [0.15, 0.2) is 8.29 Å². The molecule has 0 unspecified atom stereocenters. The van der Waals surface area contributed by atoms with Gasteiger partial charge < -0.3 is 4.74 Å². The second-order valence-electron chi connectivity index (χ2n) is 2.68. The monoisotopic (exact) mass is 330 g/mol. The van der Waals surface area contributed by atoms with Crippen LogP contribution in [0.15, 0.2) is 4.34 Å². The molecular weight excluding hydrogens is 312 g/mol. The molecule has 0 aromatic carbocycles. The molecule has 1 aromatic rings. The van der Waals surface area contributed by atoms with Gasteiger partial charge in [-0.25, -0.2) is 0 Å². The van der Waals surface area contributed by atoms with E-state index in [-0.39, 0.29) is 0 Å². The van der Waals surface area contributed by atoms with E-state index >= 15 is 0 Å². The summed E-state index contributed by atoms with van der Waals surface area (Å²) < 4.78 is 7.01.